The van der Waals surface area contributed by atoms with Crippen molar-refractivity contribution in [2.45, 2.75) is 20.5 Å². The quantitative estimate of drug-likeness (QED) is 0.550. The van der Waals surface area contributed by atoms with E-state index in [4.69, 9.17) is 10.00 Å². The fourth-order valence-corrected chi connectivity index (χ4v) is 4.20. The summed E-state index contributed by atoms with van der Waals surface area (Å²) in [4.78, 5) is 22.0. The molecule has 5 nitrogen and oxygen atoms in total. The summed E-state index contributed by atoms with van der Waals surface area (Å²) in [7, 11) is 0. The number of aryl methyl sites for hydroxylation is 2. The summed E-state index contributed by atoms with van der Waals surface area (Å²) in [6.45, 7) is 4.12. The third-order valence-corrected chi connectivity index (χ3v) is 5.50. The van der Waals surface area contributed by atoms with Crippen molar-refractivity contribution in [1.29, 1.82) is 5.26 Å². The molecule has 0 aliphatic rings. The Morgan fingerprint density at radius 2 is 1.89 bits per heavy atom. The van der Waals surface area contributed by atoms with E-state index in [0.29, 0.717) is 27.4 Å². The number of aromatic amines is 1. The second-order valence-electron chi connectivity index (χ2n) is 6.49. The van der Waals surface area contributed by atoms with Crippen LogP contribution in [0, 0.1) is 25.2 Å². The molecule has 2 heterocycles. The first-order valence-corrected chi connectivity index (χ1v) is 9.59. The SMILES string of the molecule is Cc1ccc(-c2c(C)sc3nc(COc4ccccc4C#N)[nH]c(=O)c23)cc1. The van der Waals surface area contributed by atoms with Gasteiger partial charge < -0.3 is 9.72 Å². The van der Waals surface area contributed by atoms with E-state index in [2.05, 4.69) is 16.0 Å². The van der Waals surface area contributed by atoms with Gasteiger partial charge in [0, 0.05) is 10.4 Å². The Hall–Kier alpha value is -3.43. The minimum Gasteiger partial charge on any atom is -0.484 e. The number of hydrogen-bond acceptors (Lipinski definition) is 5. The number of nitrogens with zero attached hydrogens (tertiary/aromatic N) is 2. The topological polar surface area (TPSA) is 78.8 Å². The number of fused-ring (bicyclic) bond motifs is 1. The first-order valence-electron chi connectivity index (χ1n) is 8.78. The highest BCUT2D eigenvalue weighted by Crippen LogP contribution is 2.35. The van der Waals surface area contributed by atoms with E-state index in [9.17, 15) is 4.79 Å². The molecule has 6 heteroatoms. The molecule has 1 N–H and O–H groups in total. The number of rotatable bonds is 4. The van der Waals surface area contributed by atoms with Crippen LogP contribution in [0.25, 0.3) is 21.3 Å². The molecule has 0 fully saturated rings. The third kappa shape index (κ3) is 3.28. The summed E-state index contributed by atoms with van der Waals surface area (Å²) < 4.78 is 5.70. The molecular formula is C22H17N3O2S. The van der Waals surface area contributed by atoms with Gasteiger partial charge in [0.1, 0.15) is 29.1 Å². The highest BCUT2D eigenvalue weighted by molar-refractivity contribution is 7.19. The molecular weight excluding hydrogens is 370 g/mol. The average Bonchev–Trinajstić information content (AvgIpc) is 3.03. The van der Waals surface area contributed by atoms with Gasteiger partial charge in [-0.3, -0.25) is 4.79 Å². The average molecular weight is 387 g/mol. The number of nitriles is 1. The normalized spacial score (nSPS) is 10.8. The van der Waals surface area contributed by atoms with Crippen LogP contribution in [0.1, 0.15) is 21.8 Å². The lowest BCUT2D eigenvalue weighted by Gasteiger charge is -2.07. The van der Waals surface area contributed by atoms with Gasteiger partial charge in [-0.1, -0.05) is 42.0 Å². The highest BCUT2D eigenvalue weighted by atomic mass is 32.1. The van der Waals surface area contributed by atoms with Gasteiger partial charge in [0.2, 0.25) is 0 Å². The summed E-state index contributed by atoms with van der Waals surface area (Å²) in [5.41, 5.74) is 3.37. The van der Waals surface area contributed by atoms with Gasteiger partial charge in [0.15, 0.2) is 0 Å². The third-order valence-electron chi connectivity index (χ3n) is 4.50. The monoisotopic (exact) mass is 387 g/mol. The van der Waals surface area contributed by atoms with Crippen LogP contribution in [-0.4, -0.2) is 9.97 Å². The minimum absolute atomic E-state index is 0.0840. The van der Waals surface area contributed by atoms with Gasteiger partial charge in [-0.15, -0.1) is 11.3 Å². The van der Waals surface area contributed by atoms with Crippen molar-refractivity contribution in [2.24, 2.45) is 0 Å². The summed E-state index contributed by atoms with van der Waals surface area (Å²) in [5, 5.41) is 9.76. The lowest BCUT2D eigenvalue weighted by atomic mass is 10.0. The van der Waals surface area contributed by atoms with Gasteiger partial charge in [-0.25, -0.2) is 4.98 Å². The molecule has 0 spiro atoms. The van der Waals surface area contributed by atoms with Crippen molar-refractivity contribution in [1.82, 2.24) is 9.97 Å². The number of aromatic nitrogens is 2. The Balaban J connectivity index is 1.71. The number of para-hydroxylation sites is 1. The molecule has 0 aliphatic heterocycles. The second-order valence-corrected chi connectivity index (χ2v) is 7.69. The Kier molecular flexibility index (Phi) is 4.68. The molecule has 0 amide bonds. The Labute approximate surface area is 165 Å². The van der Waals surface area contributed by atoms with Gasteiger partial charge in [0.25, 0.3) is 5.56 Å². The van der Waals surface area contributed by atoms with Crippen LogP contribution in [0.2, 0.25) is 0 Å². The Morgan fingerprint density at radius 3 is 2.64 bits per heavy atom. The maximum atomic E-state index is 12.8. The van der Waals surface area contributed by atoms with Gasteiger partial charge in [0.05, 0.1) is 10.9 Å². The summed E-state index contributed by atoms with van der Waals surface area (Å²) >= 11 is 1.50. The molecule has 0 bridgehead atoms. The molecule has 4 rings (SSSR count). The summed E-state index contributed by atoms with van der Waals surface area (Å²) in [6, 6.07) is 17.2. The van der Waals surface area contributed by atoms with Crippen molar-refractivity contribution < 1.29 is 4.74 Å². The van der Waals surface area contributed by atoms with E-state index < -0.39 is 0 Å². The number of ether oxygens (including phenoxy) is 1. The fourth-order valence-electron chi connectivity index (χ4n) is 3.13. The zero-order valence-electron chi connectivity index (χ0n) is 15.4. The van der Waals surface area contributed by atoms with E-state index in [0.717, 1.165) is 16.0 Å². The molecule has 0 aliphatic carbocycles. The van der Waals surface area contributed by atoms with Crippen LogP contribution >= 0.6 is 11.3 Å². The molecule has 0 unspecified atom stereocenters. The molecule has 0 radical (unpaired) electrons. The second kappa shape index (κ2) is 7.29. The highest BCUT2D eigenvalue weighted by Gasteiger charge is 2.17. The van der Waals surface area contributed by atoms with Crippen LogP contribution in [0.15, 0.2) is 53.3 Å². The Morgan fingerprint density at radius 1 is 1.14 bits per heavy atom. The van der Waals surface area contributed by atoms with E-state index in [1.807, 2.05) is 38.1 Å². The standard InChI is InChI=1S/C22H17N3O2S/c1-13-7-9-15(10-8-13)19-14(2)28-22-20(19)21(26)24-18(25-22)12-27-17-6-4-3-5-16(17)11-23/h3-10H,12H2,1-2H3,(H,24,25,26). The van der Waals surface area contributed by atoms with E-state index in [1.165, 1.54) is 16.9 Å². The predicted molar refractivity (Wildman–Crippen MR) is 111 cm³/mol. The molecule has 4 aromatic rings. The zero-order valence-corrected chi connectivity index (χ0v) is 16.3. The zero-order chi connectivity index (χ0) is 19.7. The van der Waals surface area contributed by atoms with Crippen molar-refractivity contribution in [3.05, 3.63) is 80.7 Å². The van der Waals surface area contributed by atoms with E-state index >= 15 is 0 Å². The Bertz CT molecular complexity index is 1260. The van der Waals surface area contributed by atoms with Gasteiger partial charge >= 0.3 is 0 Å². The number of nitrogens with one attached hydrogen (secondary N) is 1. The van der Waals surface area contributed by atoms with Crippen LogP contribution in [-0.2, 0) is 6.61 Å². The molecule has 2 aromatic carbocycles. The van der Waals surface area contributed by atoms with Crippen LogP contribution in [0.5, 0.6) is 5.75 Å². The van der Waals surface area contributed by atoms with E-state index in [-0.39, 0.29) is 12.2 Å². The van der Waals surface area contributed by atoms with Crippen LogP contribution in [0.4, 0.5) is 0 Å². The van der Waals surface area contributed by atoms with Crippen molar-refractivity contribution >= 4 is 21.6 Å². The molecule has 0 saturated carbocycles. The lowest BCUT2D eigenvalue weighted by Crippen LogP contribution is -2.13. The fraction of sp³-hybridized carbons (Fsp3) is 0.136. The van der Waals surface area contributed by atoms with Crippen molar-refractivity contribution in [3.8, 4) is 22.9 Å². The van der Waals surface area contributed by atoms with Gasteiger partial charge in [-0.05, 0) is 31.5 Å². The van der Waals surface area contributed by atoms with Crippen LogP contribution < -0.4 is 10.3 Å². The molecule has 0 atom stereocenters. The molecule has 28 heavy (non-hydrogen) atoms. The molecule has 0 saturated heterocycles. The maximum Gasteiger partial charge on any atom is 0.260 e. The number of H-pyrrole nitrogens is 1. The molecule has 138 valence electrons. The number of thiophene rings is 1. The van der Waals surface area contributed by atoms with Crippen molar-refractivity contribution in [2.75, 3.05) is 0 Å². The summed E-state index contributed by atoms with van der Waals surface area (Å²) in [6.07, 6.45) is 0. The minimum atomic E-state index is -0.183. The van der Waals surface area contributed by atoms with Crippen molar-refractivity contribution in [3.63, 3.8) is 0 Å². The largest absolute Gasteiger partial charge is 0.484 e. The molecule has 2 aromatic heterocycles. The van der Waals surface area contributed by atoms with E-state index in [1.54, 1.807) is 24.3 Å². The first kappa shape index (κ1) is 18.0. The smallest absolute Gasteiger partial charge is 0.260 e. The number of benzene rings is 2. The maximum absolute atomic E-state index is 12.8. The lowest BCUT2D eigenvalue weighted by molar-refractivity contribution is 0.295. The first-order chi connectivity index (χ1) is 13.6. The predicted octanol–water partition coefficient (Wildman–Crippen LogP) is 4.72. The number of hydrogen-bond donors (Lipinski definition) is 1. The summed E-state index contributed by atoms with van der Waals surface area (Å²) in [5.74, 6) is 0.900. The van der Waals surface area contributed by atoms with Gasteiger partial charge in [-0.2, -0.15) is 5.26 Å². The van der Waals surface area contributed by atoms with Crippen LogP contribution in [0.3, 0.4) is 0 Å².